The molecule has 1 unspecified atom stereocenters. The van der Waals surface area contributed by atoms with E-state index >= 15 is 0 Å². The maximum atomic E-state index is 13.2. The van der Waals surface area contributed by atoms with Crippen LogP contribution in [0.25, 0.3) is 33.0 Å². The summed E-state index contributed by atoms with van der Waals surface area (Å²) in [6.45, 7) is 2.93. The van der Waals surface area contributed by atoms with Crippen LogP contribution < -0.4 is 5.32 Å². The van der Waals surface area contributed by atoms with E-state index in [-0.39, 0.29) is 6.61 Å². The van der Waals surface area contributed by atoms with Crippen molar-refractivity contribution in [3.8, 4) is 0 Å². The lowest BCUT2D eigenvalue weighted by atomic mass is 9.95. The number of hydrogen-bond donors (Lipinski definition) is 3. The molecule has 0 bridgehead atoms. The van der Waals surface area contributed by atoms with Crippen molar-refractivity contribution in [1.29, 1.82) is 0 Å². The Balaban J connectivity index is 1.73. The molecular formula is C27H27N3O4S2. The first-order chi connectivity index (χ1) is 17.4. The minimum atomic E-state index is -0.709. The van der Waals surface area contributed by atoms with Gasteiger partial charge < -0.3 is 19.4 Å². The number of H-pyrrole nitrogens is 1. The molecule has 9 heteroatoms. The molecule has 186 valence electrons. The van der Waals surface area contributed by atoms with Crippen molar-refractivity contribution < 1.29 is 19.4 Å². The van der Waals surface area contributed by atoms with Gasteiger partial charge in [-0.05, 0) is 55.8 Å². The molecule has 2 aromatic carbocycles. The molecule has 5 rings (SSSR count). The van der Waals surface area contributed by atoms with Crippen LogP contribution in [0.3, 0.4) is 0 Å². The van der Waals surface area contributed by atoms with Gasteiger partial charge in [0, 0.05) is 61.7 Å². The van der Waals surface area contributed by atoms with Gasteiger partial charge in [0.2, 0.25) is 0 Å². The van der Waals surface area contributed by atoms with Crippen molar-refractivity contribution in [2.75, 3.05) is 25.7 Å². The summed E-state index contributed by atoms with van der Waals surface area (Å²) in [6.07, 6.45) is 6.94. The summed E-state index contributed by atoms with van der Waals surface area (Å²) in [7, 11) is 0. The first-order valence-electron chi connectivity index (χ1n) is 11.6. The number of amides is 2. The van der Waals surface area contributed by atoms with E-state index in [2.05, 4.69) is 10.3 Å². The van der Waals surface area contributed by atoms with E-state index in [4.69, 9.17) is 4.74 Å². The van der Waals surface area contributed by atoms with E-state index in [1.807, 2.05) is 66.6 Å². The zero-order valence-corrected chi connectivity index (χ0v) is 21.9. The SMILES string of the molecule is CCOCC(O)Cn1cc(C2=C(c3c[nH]c4ccc(SC)cc34)C(=O)NC2=O)c2cc(SC)ccc21. The maximum Gasteiger partial charge on any atom is 0.259 e. The highest BCUT2D eigenvalue weighted by Crippen LogP contribution is 2.39. The lowest BCUT2D eigenvalue weighted by molar-refractivity contribution is -0.122. The van der Waals surface area contributed by atoms with Gasteiger partial charge in [-0.25, -0.2) is 0 Å². The molecule has 0 radical (unpaired) electrons. The third kappa shape index (κ3) is 4.37. The number of aromatic amines is 1. The molecule has 4 aromatic rings. The van der Waals surface area contributed by atoms with Crippen LogP contribution in [0.5, 0.6) is 0 Å². The van der Waals surface area contributed by atoms with Crippen LogP contribution in [0, 0.1) is 0 Å². The molecule has 0 saturated heterocycles. The highest BCUT2D eigenvalue weighted by molar-refractivity contribution is 7.98. The van der Waals surface area contributed by atoms with Crippen molar-refractivity contribution in [3.05, 3.63) is 59.9 Å². The Labute approximate surface area is 217 Å². The van der Waals surface area contributed by atoms with Crippen molar-refractivity contribution in [2.24, 2.45) is 0 Å². The number of benzene rings is 2. The Kier molecular flexibility index (Phi) is 6.98. The Morgan fingerprint density at radius 1 is 0.972 bits per heavy atom. The second kappa shape index (κ2) is 10.2. The van der Waals surface area contributed by atoms with Crippen LogP contribution in [0.2, 0.25) is 0 Å². The van der Waals surface area contributed by atoms with Crippen molar-refractivity contribution in [3.63, 3.8) is 0 Å². The molecule has 0 fully saturated rings. The number of carbonyl (C=O) groups is 2. The van der Waals surface area contributed by atoms with Gasteiger partial charge >= 0.3 is 0 Å². The Hall–Kier alpha value is -2.98. The predicted octanol–water partition coefficient (Wildman–Crippen LogP) is 4.53. The fourth-order valence-corrected chi connectivity index (χ4v) is 5.57. The molecule has 1 aliphatic heterocycles. The summed E-state index contributed by atoms with van der Waals surface area (Å²) in [6, 6.07) is 12.1. The number of carbonyl (C=O) groups excluding carboxylic acids is 2. The highest BCUT2D eigenvalue weighted by Gasteiger charge is 2.35. The minimum absolute atomic E-state index is 0.217. The zero-order chi connectivity index (χ0) is 25.4. The number of aromatic nitrogens is 2. The molecule has 0 spiro atoms. The largest absolute Gasteiger partial charge is 0.389 e. The maximum absolute atomic E-state index is 13.2. The van der Waals surface area contributed by atoms with Crippen LogP contribution in [0.15, 0.2) is 58.6 Å². The van der Waals surface area contributed by atoms with Crippen molar-refractivity contribution >= 4 is 68.3 Å². The number of hydrogen-bond acceptors (Lipinski definition) is 6. The normalized spacial score (nSPS) is 14.9. The number of aliphatic hydroxyl groups excluding tert-OH is 1. The van der Waals surface area contributed by atoms with E-state index < -0.39 is 17.9 Å². The topological polar surface area (TPSA) is 96.3 Å². The molecule has 2 aromatic heterocycles. The monoisotopic (exact) mass is 521 g/mol. The fraction of sp³-hybridized carbons (Fsp3) is 0.259. The fourth-order valence-electron chi connectivity index (χ4n) is 4.69. The standard InChI is InChI=1S/C27H27N3O4S2/c1-4-34-14-15(31)12-30-13-21(19-10-17(36-3)6-8-23(19)30)25-24(26(32)29-27(25)33)20-11-28-22-7-5-16(35-2)9-18(20)22/h5-11,13,15,28,31H,4,12,14H2,1-3H3,(H,29,32,33). The summed E-state index contributed by atoms with van der Waals surface area (Å²) in [5.41, 5.74) is 3.83. The predicted molar refractivity (Wildman–Crippen MR) is 146 cm³/mol. The van der Waals surface area contributed by atoms with Crippen molar-refractivity contribution in [1.82, 2.24) is 14.9 Å². The van der Waals surface area contributed by atoms with E-state index in [1.165, 1.54) is 0 Å². The average molecular weight is 522 g/mol. The van der Waals surface area contributed by atoms with Crippen molar-refractivity contribution in [2.45, 2.75) is 29.4 Å². The molecule has 0 saturated carbocycles. The van der Waals surface area contributed by atoms with Crippen LogP contribution in [0.4, 0.5) is 0 Å². The lowest BCUT2D eigenvalue weighted by Gasteiger charge is -2.12. The van der Waals surface area contributed by atoms with Crippen LogP contribution in [0.1, 0.15) is 18.1 Å². The van der Waals surface area contributed by atoms with Gasteiger partial charge in [0.25, 0.3) is 11.8 Å². The van der Waals surface area contributed by atoms with Gasteiger partial charge in [-0.2, -0.15) is 0 Å². The number of nitrogens with one attached hydrogen (secondary N) is 2. The van der Waals surface area contributed by atoms with Crippen LogP contribution in [-0.4, -0.2) is 58.3 Å². The third-order valence-corrected chi connectivity index (χ3v) is 7.82. The Bertz CT molecular complexity index is 1520. The second-order valence-electron chi connectivity index (χ2n) is 8.54. The summed E-state index contributed by atoms with van der Waals surface area (Å²) in [5, 5.41) is 14.8. The third-order valence-electron chi connectivity index (χ3n) is 6.37. The van der Waals surface area contributed by atoms with Gasteiger partial charge in [-0.15, -0.1) is 23.5 Å². The number of aliphatic hydroxyl groups is 1. The van der Waals surface area contributed by atoms with Gasteiger partial charge in [0.05, 0.1) is 30.4 Å². The first kappa shape index (κ1) is 24.7. The number of rotatable bonds is 9. The number of ether oxygens (including phenoxy) is 1. The Morgan fingerprint density at radius 3 is 2.33 bits per heavy atom. The van der Waals surface area contributed by atoms with E-state index in [0.29, 0.717) is 35.4 Å². The summed E-state index contributed by atoms with van der Waals surface area (Å²) in [4.78, 5) is 31.7. The van der Waals surface area contributed by atoms with E-state index in [1.54, 1.807) is 29.7 Å². The molecule has 7 nitrogen and oxygen atoms in total. The molecule has 1 atom stereocenters. The summed E-state index contributed by atoms with van der Waals surface area (Å²) < 4.78 is 7.32. The molecule has 3 N–H and O–H groups in total. The van der Waals surface area contributed by atoms with Crippen LogP contribution in [-0.2, 0) is 20.9 Å². The Morgan fingerprint density at radius 2 is 1.64 bits per heavy atom. The number of thioether (sulfide) groups is 2. The number of fused-ring (bicyclic) bond motifs is 2. The molecule has 0 aliphatic carbocycles. The van der Waals surface area contributed by atoms with Crippen LogP contribution >= 0.6 is 23.5 Å². The molecule has 1 aliphatic rings. The zero-order valence-electron chi connectivity index (χ0n) is 20.3. The first-order valence-corrected chi connectivity index (χ1v) is 14.1. The molecule has 36 heavy (non-hydrogen) atoms. The smallest absolute Gasteiger partial charge is 0.259 e. The number of nitrogens with zero attached hydrogens (tertiary/aromatic N) is 1. The van der Waals surface area contributed by atoms with E-state index in [9.17, 15) is 14.7 Å². The quantitative estimate of drug-likeness (QED) is 0.221. The molecule has 2 amide bonds. The van der Waals surface area contributed by atoms with Gasteiger partial charge in [0.15, 0.2) is 0 Å². The minimum Gasteiger partial charge on any atom is -0.389 e. The lowest BCUT2D eigenvalue weighted by Crippen LogP contribution is -2.22. The van der Waals surface area contributed by atoms with Gasteiger partial charge in [-0.1, -0.05) is 0 Å². The highest BCUT2D eigenvalue weighted by atomic mass is 32.2. The second-order valence-corrected chi connectivity index (χ2v) is 10.3. The molecular weight excluding hydrogens is 494 g/mol. The summed E-state index contributed by atoms with van der Waals surface area (Å²) >= 11 is 3.23. The molecule has 3 heterocycles. The summed E-state index contributed by atoms with van der Waals surface area (Å²) in [5.74, 6) is -0.836. The average Bonchev–Trinajstić information content (AvgIpc) is 3.54. The van der Waals surface area contributed by atoms with Gasteiger partial charge in [0.1, 0.15) is 0 Å². The van der Waals surface area contributed by atoms with E-state index in [0.717, 1.165) is 31.6 Å². The van der Waals surface area contributed by atoms with Gasteiger partial charge in [-0.3, -0.25) is 14.9 Å². The number of imide groups is 1.